The van der Waals surface area contributed by atoms with Gasteiger partial charge in [-0.15, -0.1) is 19.4 Å². The molecule has 2 amide bonds. The van der Waals surface area contributed by atoms with E-state index >= 15 is 0 Å². The average Bonchev–Trinajstić information content (AvgIpc) is 3.47. The maximum absolute atomic E-state index is 14.9. The number of halogens is 1. The third-order valence-electron chi connectivity index (χ3n) is 8.89. The van der Waals surface area contributed by atoms with Gasteiger partial charge in [0.15, 0.2) is 5.65 Å². The third kappa shape index (κ3) is 4.90. The predicted octanol–water partition coefficient (Wildman–Crippen LogP) is 2.91. The molecule has 2 aromatic heterocycles. The van der Waals surface area contributed by atoms with Crippen molar-refractivity contribution in [2.75, 3.05) is 36.5 Å². The number of likely N-dealkylation sites (tertiary alicyclic amines) is 1. The largest absolute Gasteiger partial charge is 0.387 e. The van der Waals surface area contributed by atoms with E-state index in [4.69, 9.17) is 5.11 Å². The number of aliphatic hydroxyl groups is 1. The van der Waals surface area contributed by atoms with Gasteiger partial charge in [-0.05, 0) is 72.1 Å². The molecule has 2 aromatic carbocycles. The number of amides is 2. The Bertz CT molecular complexity index is 1670. The number of piperidine rings is 2. The van der Waals surface area contributed by atoms with Gasteiger partial charge in [0, 0.05) is 30.9 Å². The molecule has 0 radical (unpaired) electrons. The van der Waals surface area contributed by atoms with E-state index < -0.39 is 12.5 Å². The van der Waals surface area contributed by atoms with Crippen molar-refractivity contribution in [3.05, 3.63) is 77.6 Å². The van der Waals surface area contributed by atoms with Gasteiger partial charge in [0.1, 0.15) is 18.2 Å². The fourth-order valence-corrected chi connectivity index (χ4v) is 6.85. The number of rotatable bonds is 6. The maximum atomic E-state index is 14.9. The second-order valence-electron chi connectivity index (χ2n) is 11.4. The van der Waals surface area contributed by atoms with Crippen molar-refractivity contribution in [1.82, 2.24) is 24.5 Å². The van der Waals surface area contributed by atoms with E-state index in [9.17, 15) is 14.0 Å². The normalized spacial score (nSPS) is 21.9. The molecule has 2 N–H and O–H groups in total. The van der Waals surface area contributed by atoms with Crippen LogP contribution in [0.3, 0.4) is 0 Å². The van der Waals surface area contributed by atoms with Gasteiger partial charge in [0.25, 0.3) is 5.91 Å². The summed E-state index contributed by atoms with van der Waals surface area (Å²) in [5, 5.41) is 21.2. The Kier molecular flexibility index (Phi) is 6.86. The van der Waals surface area contributed by atoms with Crippen LogP contribution in [0.4, 0.5) is 15.9 Å². The van der Waals surface area contributed by atoms with Crippen LogP contribution in [0, 0.1) is 17.7 Å². The fraction of sp³-hybridized carbons (Fsp3) is 0.367. The highest BCUT2D eigenvalue weighted by Gasteiger charge is 2.54. The van der Waals surface area contributed by atoms with Gasteiger partial charge >= 0.3 is 0 Å². The topological polar surface area (TPSA) is 116 Å². The van der Waals surface area contributed by atoms with E-state index in [0.29, 0.717) is 53.6 Å². The Balaban J connectivity index is 1.08. The van der Waals surface area contributed by atoms with Gasteiger partial charge in [0.2, 0.25) is 11.7 Å². The van der Waals surface area contributed by atoms with E-state index in [1.54, 1.807) is 27.8 Å². The van der Waals surface area contributed by atoms with Gasteiger partial charge in [-0.25, -0.2) is 9.37 Å². The van der Waals surface area contributed by atoms with Crippen LogP contribution in [-0.4, -0.2) is 67.6 Å². The van der Waals surface area contributed by atoms with Gasteiger partial charge in [-0.1, -0.05) is 18.2 Å². The molecule has 12 heteroatoms. The highest BCUT2D eigenvalue weighted by atomic mass is 31.0. The highest BCUT2D eigenvalue weighted by molar-refractivity contribution is 7.27. The van der Waals surface area contributed by atoms with Crippen LogP contribution in [0.1, 0.15) is 53.0 Å². The molecule has 42 heavy (non-hydrogen) atoms. The van der Waals surface area contributed by atoms with Gasteiger partial charge in [-0.2, -0.15) is 0 Å². The van der Waals surface area contributed by atoms with Gasteiger partial charge in [0.05, 0.1) is 18.4 Å². The Hall–Kier alpha value is -3.95. The number of aliphatic hydroxyl groups excluding tert-OH is 1. The van der Waals surface area contributed by atoms with E-state index in [1.807, 2.05) is 30.3 Å². The quantitative estimate of drug-likeness (QED) is 0.334. The monoisotopic (exact) mass is 587 g/mol. The molecule has 2 aliphatic heterocycles. The summed E-state index contributed by atoms with van der Waals surface area (Å²) in [4.78, 5) is 33.5. The van der Waals surface area contributed by atoms with E-state index in [2.05, 4.69) is 34.6 Å². The smallest absolute Gasteiger partial charge is 0.293 e. The number of hydrogen-bond donors (Lipinski definition) is 2. The summed E-state index contributed by atoms with van der Waals surface area (Å²) in [6, 6.07) is 12.8. The molecule has 2 saturated heterocycles. The number of fused-ring (bicyclic) bond motifs is 2. The first-order chi connectivity index (χ1) is 20.4. The highest BCUT2D eigenvalue weighted by Crippen LogP contribution is 2.57. The minimum absolute atomic E-state index is 0.116. The van der Waals surface area contributed by atoms with Crippen LogP contribution in [0.2, 0.25) is 0 Å². The molecule has 216 valence electrons. The standard InChI is InChI=1S/C30H31FN7O3P/c31-24-6-5-21(42)12-23(24)28-22-11-19(22)14-37(28)26-15-38-25(13-32-26)34-35-29(38)30(41)33-20-3-1-17(2-4-20)18-7-9-36(10-8-18)27(40)16-39/h1-6,12-13,15,18-19,22,28,39H,7-11,14,16,42H2,(H,33,41)/t19?,22?,28-/m1/s1. The Labute approximate surface area is 244 Å². The molecule has 3 fully saturated rings. The van der Waals surface area contributed by atoms with Gasteiger partial charge in [-0.3, -0.25) is 14.0 Å². The third-order valence-corrected chi connectivity index (χ3v) is 9.25. The van der Waals surface area contributed by atoms with Gasteiger partial charge < -0.3 is 20.2 Å². The molecule has 4 atom stereocenters. The summed E-state index contributed by atoms with van der Waals surface area (Å²) >= 11 is 0. The molecule has 7 rings (SSSR count). The zero-order valence-electron chi connectivity index (χ0n) is 22.9. The lowest BCUT2D eigenvalue weighted by Crippen LogP contribution is -2.39. The SMILES string of the molecule is O=C(Nc1ccc(C2CCN(C(=O)CO)CC2)cc1)c1nnc2cnc(N3CC4CC4[C@@H]3c3cc(P)ccc3F)cn12. The summed E-state index contributed by atoms with van der Waals surface area (Å²) in [6.07, 6.45) is 6.09. The molecule has 3 unspecified atom stereocenters. The second-order valence-corrected chi connectivity index (χ2v) is 12.1. The minimum Gasteiger partial charge on any atom is -0.387 e. The number of nitrogens with one attached hydrogen (secondary N) is 1. The number of benzene rings is 2. The molecule has 1 saturated carbocycles. The van der Waals surface area contributed by atoms with Crippen LogP contribution in [0.25, 0.3) is 5.65 Å². The van der Waals surface area contributed by atoms with Crippen LogP contribution in [0.5, 0.6) is 0 Å². The second kappa shape index (κ2) is 10.7. The molecular formula is C30H31FN7O3P. The summed E-state index contributed by atoms with van der Waals surface area (Å²) < 4.78 is 16.6. The van der Waals surface area contributed by atoms with Crippen molar-refractivity contribution in [1.29, 1.82) is 0 Å². The van der Waals surface area contributed by atoms with Crippen LogP contribution < -0.4 is 15.5 Å². The molecule has 3 aliphatic rings. The number of carbonyl (C=O) groups is 2. The first kappa shape index (κ1) is 26.9. The lowest BCUT2D eigenvalue weighted by molar-refractivity contribution is -0.135. The van der Waals surface area contributed by atoms with E-state index in [0.717, 1.165) is 36.7 Å². The molecule has 1 aliphatic carbocycles. The molecular weight excluding hydrogens is 556 g/mol. The Morgan fingerprint density at radius 3 is 2.64 bits per heavy atom. The van der Waals surface area contributed by atoms with Crippen LogP contribution in [0.15, 0.2) is 54.9 Å². The number of anilines is 2. The van der Waals surface area contributed by atoms with E-state index in [1.165, 1.54) is 6.07 Å². The number of carbonyl (C=O) groups excluding carboxylic acids is 2. The first-order valence-electron chi connectivity index (χ1n) is 14.2. The zero-order valence-corrected chi connectivity index (χ0v) is 24.0. The lowest BCUT2D eigenvalue weighted by Gasteiger charge is -2.32. The number of aromatic nitrogens is 4. The fourth-order valence-electron chi connectivity index (χ4n) is 6.57. The zero-order chi connectivity index (χ0) is 29.0. The Morgan fingerprint density at radius 1 is 1.10 bits per heavy atom. The van der Waals surface area contributed by atoms with Crippen LogP contribution in [-0.2, 0) is 4.79 Å². The number of nitrogens with zero attached hydrogens (tertiary/aromatic N) is 6. The first-order valence-corrected chi connectivity index (χ1v) is 14.8. The van der Waals surface area contributed by atoms with E-state index in [-0.39, 0.29) is 23.6 Å². The summed E-state index contributed by atoms with van der Waals surface area (Å²) in [7, 11) is 2.64. The van der Waals surface area contributed by atoms with Crippen molar-refractivity contribution in [3.8, 4) is 0 Å². The molecule has 10 nitrogen and oxygen atoms in total. The van der Waals surface area contributed by atoms with Crippen molar-refractivity contribution >= 4 is 43.5 Å². The van der Waals surface area contributed by atoms with Crippen molar-refractivity contribution in [3.63, 3.8) is 0 Å². The maximum Gasteiger partial charge on any atom is 0.293 e. The summed E-state index contributed by atoms with van der Waals surface area (Å²) in [5.41, 5.74) is 2.90. The minimum atomic E-state index is -0.454. The lowest BCUT2D eigenvalue weighted by atomic mass is 9.89. The van der Waals surface area contributed by atoms with Crippen molar-refractivity contribution in [2.24, 2.45) is 11.8 Å². The molecule has 0 spiro atoms. The average molecular weight is 588 g/mol. The van der Waals surface area contributed by atoms with Crippen LogP contribution >= 0.6 is 9.24 Å². The molecule has 4 heterocycles. The van der Waals surface area contributed by atoms with Crippen molar-refractivity contribution in [2.45, 2.75) is 31.2 Å². The molecule has 4 aromatic rings. The number of hydrogen-bond acceptors (Lipinski definition) is 7. The summed E-state index contributed by atoms with van der Waals surface area (Å²) in [5.74, 6) is 1.14. The van der Waals surface area contributed by atoms with Crippen molar-refractivity contribution < 1.29 is 19.1 Å². The predicted molar refractivity (Wildman–Crippen MR) is 158 cm³/mol. The summed E-state index contributed by atoms with van der Waals surface area (Å²) in [6.45, 7) is 1.57. The Morgan fingerprint density at radius 2 is 1.88 bits per heavy atom. The molecule has 0 bridgehead atoms.